The summed E-state index contributed by atoms with van der Waals surface area (Å²) in [5.74, 6) is 0. The summed E-state index contributed by atoms with van der Waals surface area (Å²) in [6.45, 7) is 2.58. The van der Waals surface area contributed by atoms with Gasteiger partial charge in [0, 0.05) is 6.54 Å². The Morgan fingerprint density at radius 3 is 2.43 bits per heavy atom. The van der Waals surface area contributed by atoms with Gasteiger partial charge in [-0.3, -0.25) is 0 Å². The minimum atomic E-state index is -0.322. The van der Waals surface area contributed by atoms with Gasteiger partial charge in [0.25, 0.3) is 0 Å². The third kappa shape index (κ3) is 4.66. The van der Waals surface area contributed by atoms with Crippen LogP contribution in [0.1, 0.15) is 11.1 Å². The van der Waals surface area contributed by atoms with Crippen LogP contribution in [-0.2, 0) is 6.42 Å². The van der Waals surface area contributed by atoms with E-state index in [1.807, 2.05) is 25.1 Å². The molecule has 0 unspecified atom stereocenters. The number of halogens is 2. The van der Waals surface area contributed by atoms with Gasteiger partial charge in [0.1, 0.15) is 0 Å². The second-order valence-corrected chi connectivity index (χ2v) is 5.53. The third-order valence-corrected chi connectivity index (χ3v) is 3.61. The molecule has 0 aliphatic heterocycles. The van der Waals surface area contributed by atoms with Gasteiger partial charge in [-0.2, -0.15) is 0 Å². The molecule has 0 atom stereocenters. The number of hydrogen-bond donors (Lipinski definition) is 2. The number of carbonyl (C=O) groups excluding carboxylic acids is 1. The van der Waals surface area contributed by atoms with Gasteiger partial charge in [-0.15, -0.1) is 0 Å². The van der Waals surface area contributed by atoms with Crippen molar-refractivity contribution in [3.63, 3.8) is 0 Å². The fourth-order valence-corrected chi connectivity index (χ4v) is 2.45. The topological polar surface area (TPSA) is 41.1 Å². The smallest absolute Gasteiger partial charge is 0.319 e. The summed E-state index contributed by atoms with van der Waals surface area (Å²) in [6.07, 6.45) is 0.769. The maximum atomic E-state index is 11.8. The number of nitrogens with one attached hydrogen (secondary N) is 2. The van der Waals surface area contributed by atoms with Gasteiger partial charge in [-0.05, 0) is 31.0 Å². The number of benzene rings is 2. The number of hydrogen-bond acceptors (Lipinski definition) is 1. The molecule has 0 fully saturated rings. The van der Waals surface area contributed by atoms with E-state index in [0.717, 1.165) is 6.42 Å². The molecule has 0 aliphatic rings. The first-order valence-corrected chi connectivity index (χ1v) is 7.36. The average molecular weight is 323 g/mol. The van der Waals surface area contributed by atoms with Crippen molar-refractivity contribution in [3.05, 3.63) is 63.6 Å². The normalized spacial score (nSPS) is 10.2. The molecule has 2 rings (SSSR count). The molecule has 0 aromatic heterocycles. The van der Waals surface area contributed by atoms with Crippen molar-refractivity contribution in [1.82, 2.24) is 5.32 Å². The second kappa shape index (κ2) is 7.34. The van der Waals surface area contributed by atoms with Crippen molar-refractivity contribution < 1.29 is 4.79 Å². The summed E-state index contributed by atoms with van der Waals surface area (Å²) in [7, 11) is 0. The lowest BCUT2D eigenvalue weighted by Gasteiger charge is -2.10. The zero-order chi connectivity index (χ0) is 15.2. The fraction of sp³-hybridized carbons (Fsp3) is 0.188. The van der Waals surface area contributed by atoms with Gasteiger partial charge >= 0.3 is 6.03 Å². The molecule has 3 nitrogen and oxygen atoms in total. The minimum absolute atomic E-state index is 0.322. The summed E-state index contributed by atoms with van der Waals surface area (Å²) in [5.41, 5.74) is 2.82. The molecule has 0 heterocycles. The molecule has 21 heavy (non-hydrogen) atoms. The van der Waals surface area contributed by atoms with E-state index in [-0.39, 0.29) is 6.03 Å². The standard InChI is InChI=1S/C16H16Cl2N2O/c1-11-4-2-5-12(10-11)8-9-19-16(21)20-15-13(17)6-3-7-14(15)18/h2-7,10H,8-9H2,1H3,(H2,19,20,21). The Bertz CT molecular complexity index is 624. The van der Waals surface area contributed by atoms with Crippen LogP contribution < -0.4 is 10.6 Å². The Labute approximate surface area is 134 Å². The monoisotopic (exact) mass is 322 g/mol. The molecule has 2 aromatic carbocycles. The van der Waals surface area contributed by atoms with Crippen LogP contribution in [0.5, 0.6) is 0 Å². The van der Waals surface area contributed by atoms with Crippen LogP contribution in [0.3, 0.4) is 0 Å². The summed E-state index contributed by atoms with van der Waals surface area (Å²) < 4.78 is 0. The molecule has 0 saturated carbocycles. The highest BCUT2D eigenvalue weighted by molar-refractivity contribution is 6.39. The van der Waals surface area contributed by atoms with Gasteiger partial charge in [0.05, 0.1) is 15.7 Å². The summed E-state index contributed by atoms with van der Waals surface area (Å²) in [5, 5.41) is 6.27. The quantitative estimate of drug-likeness (QED) is 0.844. The molecule has 0 aliphatic carbocycles. The van der Waals surface area contributed by atoms with E-state index < -0.39 is 0 Å². The number of rotatable bonds is 4. The van der Waals surface area contributed by atoms with E-state index in [9.17, 15) is 4.79 Å². The molecule has 0 spiro atoms. The fourth-order valence-electron chi connectivity index (χ4n) is 1.96. The van der Waals surface area contributed by atoms with Gasteiger partial charge in [-0.25, -0.2) is 4.79 Å². The molecule has 2 aromatic rings. The van der Waals surface area contributed by atoms with Crippen LogP contribution in [0.25, 0.3) is 0 Å². The van der Waals surface area contributed by atoms with Crippen LogP contribution in [0.2, 0.25) is 10.0 Å². The Kier molecular flexibility index (Phi) is 5.48. The zero-order valence-corrected chi connectivity index (χ0v) is 13.1. The van der Waals surface area contributed by atoms with E-state index in [2.05, 4.69) is 16.7 Å². The van der Waals surface area contributed by atoms with Crippen LogP contribution in [0.4, 0.5) is 10.5 Å². The Morgan fingerprint density at radius 1 is 1.10 bits per heavy atom. The van der Waals surface area contributed by atoms with Crippen molar-refractivity contribution in [3.8, 4) is 0 Å². The van der Waals surface area contributed by atoms with Crippen molar-refractivity contribution >= 4 is 34.9 Å². The van der Waals surface area contributed by atoms with Gasteiger partial charge < -0.3 is 10.6 Å². The maximum absolute atomic E-state index is 11.8. The number of anilines is 1. The Hall–Kier alpha value is -1.71. The number of carbonyl (C=O) groups is 1. The minimum Gasteiger partial charge on any atom is -0.338 e. The van der Waals surface area contributed by atoms with E-state index >= 15 is 0 Å². The first kappa shape index (κ1) is 15.7. The summed E-state index contributed by atoms with van der Waals surface area (Å²) in [4.78, 5) is 11.8. The van der Waals surface area contributed by atoms with Gasteiger partial charge in [0.15, 0.2) is 0 Å². The van der Waals surface area contributed by atoms with Gasteiger partial charge in [-0.1, -0.05) is 59.1 Å². The molecule has 0 bridgehead atoms. The van der Waals surface area contributed by atoms with Crippen LogP contribution in [0, 0.1) is 6.92 Å². The zero-order valence-electron chi connectivity index (χ0n) is 11.6. The first-order valence-electron chi connectivity index (χ1n) is 6.60. The molecule has 2 amide bonds. The number of urea groups is 1. The SMILES string of the molecule is Cc1cccc(CCNC(=O)Nc2c(Cl)cccc2Cl)c1. The van der Waals surface area contributed by atoms with Crippen LogP contribution in [0.15, 0.2) is 42.5 Å². The highest BCUT2D eigenvalue weighted by Crippen LogP contribution is 2.29. The molecular weight excluding hydrogens is 307 g/mol. The molecule has 0 saturated heterocycles. The van der Waals surface area contributed by atoms with E-state index in [1.165, 1.54) is 11.1 Å². The molecule has 0 radical (unpaired) electrons. The largest absolute Gasteiger partial charge is 0.338 e. The summed E-state index contributed by atoms with van der Waals surface area (Å²) in [6, 6.07) is 13.0. The Balaban J connectivity index is 1.85. The third-order valence-electron chi connectivity index (χ3n) is 2.98. The van der Waals surface area contributed by atoms with Crippen LogP contribution >= 0.6 is 23.2 Å². The predicted octanol–water partition coefficient (Wildman–Crippen LogP) is 4.67. The van der Waals surface area contributed by atoms with Crippen molar-refractivity contribution in [2.24, 2.45) is 0 Å². The van der Waals surface area contributed by atoms with E-state index in [4.69, 9.17) is 23.2 Å². The lowest BCUT2D eigenvalue weighted by Crippen LogP contribution is -2.30. The highest BCUT2D eigenvalue weighted by Gasteiger charge is 2.08. The van der Waals surface area contributed by atoms with E-state index in [0.29, 0.717) is 22.3 Å². The highest BCUT2D eigenvalue weighted by atomic mass is 35.5. The van der Waals surface area contributed by atoms with E-state index in [1.54, 1.807) is 18.2 Å². The number of amides is 2. The first-order chi connectivity index (χ1) is 10.1. The molecular formula is C16H16Cl2N2O. The lowest BCUT2D eigenvalue weighted by molar-refractivity contribution is 0.252. The number of para-hydroxylation sites is 1. The molecule has 2 N–H and O–H groups in total. The van der Waals surface area contributed by atoms with Crippen molar-refractivity contribution in [2.75, 3.05) is 11.9 Å². The second-order valence-electron chi connectivity index (χ2n) is 4.72. The Morgan fingerprint density at radius 2 is 1.76 bits per heavy atom. The molecule has 5 heteroatoms. The van der Waals surface area contributed by atoms with Crippen LogP contribution in [-0.4, -0.2) is 12.6 Å². The predicted molar refractivity (Wildman–Crippen MR) is 88.4 cm³/mol. The van der Waals surface area contributed by atoms with Crippen molar-refractivity contribution in [2.45, 2.75) is 13.3 Å². The van der Waals surface area contributed by atoms with Crippen molar-refractivity contribution in [1.29, 1.82) is 0 Å². The summed E-state index contributed by atoms with van der Waals surface area (Å²) >= 11 is 12.0. The van der Waals surface area contributed by atoms with Gasteiger partial charge in [0.2, 0.25) is 0 Å². The average Bonchev–Trinajstić information content (AvgIpc) is 2.43. The lowest BCUT2D eigenvalue weighted by atomic mass is 10.1. The maximum Gasteiger partial charge on any atom is 0.319 e. The molecule has 110 valence electrons. The number of aryl methyl sites for hydroxylation is 1.